The average Bonchev–Trinajstić information content (AvgIpc) is 2.38. The predicted molar refractivity (Wildman–Crippen MR) is 75.4 cm³/mol. The maximum absolute atomic E-state index is 11.8. The van der Waals surface area contributed by atoms with Gasteiger partial charge in [-0.05, 0) is 19.5 Å². The van der Waals surface area contributed by atoms with Gasteiger partial charge in [-0.2, -0.15) is 17.4 Å². The molecule has 0 bridgehead atoms. The van der Waals surface area contributed by atoms with E-state index in [4.69, 9.17) is 9.47 Å². The molecule has 0 aliphatic carbocycles. The fourth-order valence-electron chi connectivity index (χ4n) is 1.32. The van der Waals surface area contributed by atoms with Gasteiger partial charge < -0.3 is 14.8 Å². The summed E-state index contributed by atoms with van der Waals surface area (Å²) in [5, 5.41) is 3.15. The lowest BCUT2D eigenvalue weighted by molar-refractivity contribution is 0.0735. The van der Waals surface area contributed by atoms with E-state index in [1.165, 1.54) is 4.31 Å². The summed E-state index contributed by atoms with van der Waals surface area (Å²) in [7, 11) is -0.235. The van der Waals surface area contributed by atoms with Crippen LogP contribution in [-0.2, 0) is 19.7 Å². The summed E-state index contributed by atoms with van der Waals surface area (Å²) >= 11 is 0. The minimum Gasteiger partial charge on any atom is -0.382 e. The molecule has 116 valence electrons. The van der Waals surface area contributed by atoms with E-state index in [0.29, 0.717) is 26.4 Å². The number of hydrogen-bond acceptors (Lipinski definition) is 5. The highest BCUT2D eigenvalue weighted by molar-refractivity contribution is 7.87. The van der Waals surface area contributed by atoms with Crippen molar-refractivity contribution in [2.24, 2.45) is 0 Å². The molecular weight excluding hydrogens is 270 g/mol. The monoisotopic (exact) mass is 297 g/mol. The normalized spacial score (nSPS) is 12.2. The van der Waals surface area contributed by atoms with Crippen LogP contribution in [0.4, 0.5) is 0 Å². The number of rotatable bonds is 13. The molecule has 0 aromatic rings. The van der Waals surface area contributed by atoms with Gasteiger partial charge in [-0.25, -0.2) is 0 Å². The number of nitrogens with one attached hydrogen (secondary N) is 2. The first-order valence-electron chi connectivity index (χ1n) is 6.53. The first-order valence-corrected chi connectivity index (χ1v) is 7.97. The van der Waals surface area contributed by atoms with Gasteiger partial charge in [0.1, 0.15) is 0 Å². The molecule has 0 aromatic carbocycles. The first kappa shape index (κ1) is 18.8. The zero-order valence-corrected chi connectivity index (χ0v) is 13.0. The van der Waals surface area contributed by atoms with E-state index < -0.39 is 10.2 Å². The van der Waals surface area contributed by atoms with Crippen molar-refractivity contribution in [2.45, 2.75) is 13.3 Å². The van der Waals surface area contributed by atoms with Gasteiger partial charge >= 0.3 is 0 Å². The van der Waals surface area contributed by atoms with E-state index in [0.717, 1.165) is 19.5 Å². The van der Waals surface area contributed by atoms with Crippen LogP contribution in [0.25, 0.3) is 0 Å². The van der Waals surface area contributed by atoms with Gasteiger partial charge in [0.05, 0.1) is 19.8 Å². The van der Waals surface area contributed by atoms with Gasteiger partial charge in [-0.15, -0.1) is 0 Å². The van der Waals surface area contributed by atoms with E-state index in [1.54, 1.807) is 14.2 Å². The number of ether oxygens (including phenoxy) is 2. The lowest BCUT2D eigenvalue weighted by Crippen LogP contribution is -2.40. The Bertz CT molecular complexity index is 298. The zero-order chi connectivity index (χ0) is 14.6. The van der Waals surface area contributed by atoms with Crippen LogP contribution in [-0.4, -0.2) is 72.9 Å². The van der Waals surface area contributed by atoms with Crippen LogP contribution >= 0.6 is 0 Å². The van der Waals surface area contributed by atoms with E-state index in [1.807, 2.05) is 6.92 Å². The molecule has 0 saturated carbocycles. The minimum absolute atomic E-state index is 0.267. The summed E-state index contributed by atoms with van der Waals surface area (Å²) in [6, 6.07) is 0. The Balaban J connectivity index is 3.71. The molecule has 0 aliphatic rings. The maximum atomic E-state index is 11.8. The van der Waals surface area contributed by atoms with Crippen molar-refractivity contribution in [3.8, 4) is 0 Å². The fourth-order valence-corrected chi connectivity index (χ4v) is 2.25. The molecule has 8 heteroatoms. The van der Waals surface area contributed by atoms with Crippen molar-refractivity contribution in [2.75, 3.05) is 60.2 Å². The second-order valence-electron chi connectivity index (χ2n) is 4.03. The van der Waals surface area contributed by atoms with Crippen molar-refractivity contribution in [1.29, 1.82) is 0 Å². The molecule has 19 heavy (non-hydrogen) atoms. The van der Waals surface area contributed by atoms with Crippen molar-refractivity contribution >= 4 is 10.2 Å². The lowest BCUT2D eigenvalue weighted by atomic mass is 10.4. The van der Waals surface area contributed by atoms with Gasteiger partial charge in [0.15, 0.2) is 0 Å². The van der Waals surface area contributed by atoms with Gasteiger partial charge in [-0.1, -0.05) is 6.92 Å². The third-order valence-electron chi connectivity index (χ3n) is 2.45. The molecule has 0 radical (unpaired) electrons. The molecule has 0 amide bonds. The smallest absolute Gasteiger partial charge is 0.279 e. The van der Waals surface area contributed by atoms with E-state index in [2.05, 4.69) is 10.0 Å². The van der Waals surface area contributed by atoms with Crippen LogP contribution in [0.2, 0.25) is 0 Å². The maximum Gasteiger partial charge on any atom is 0.279 e. The third-order valence-corrected chi connectivity index (χ3v) is 4.02. The van der Waals surface area contributed by atoms with Crippen LogP contribution in [0.3, 0.4) is 0 Å². The molecule has 0 saturated heterocycles. The van der Waals surface area contributed by atoms with Crippen molar-refractivity contribution in [3.05, 3.63) is 0 Å². The number of hydrogen-bond donors (Lipinski definition) is 2. The summed E-state index contributed by atoms with van der Waals surface area (Å²) in [5.74, 6) is 0. The zero-order valence-electron chi connectivity index (χ0n) is 12.1. The van der Waals surface area contributed by atoms with E-state index >= 15 is 0 Å². The molecule has 0 rings (SSSR count). The van der Waals surface area contributed by atoms with E-state index in [-0.39, 0.29) is 6.54 Å². The number of methoxy groups -OCH3 is 1. The summed E-state index contributed by atoms with van der Waals surface area (Å²) in [6.07, 6.45) is 0.787. The Morgan fingerprint density at radius 1 is 1.16 bits per heavy atom. The summed E-state index contributed by atoms with van der Waals surface area (Å²) in [6.45, 7) is 5.81. The second kappa shape index (κ2) is 11.6. The predicted octanol–water partition coefficient (Wildman–Crippen LogP) is -0.585. The fraction of sp³-hybridized carbons (Fsp3) is 1.00. The molecule has 0 unspecified atom stereocenters. The first-order chi connectivity index (χ1) is 9.04. The summed E-state index contributed by atoms with van der Waals surface area (Å²) < 4.78 is 37.4. The minimum atomic E-state index is -3.40. The van der Waals surface area contributed by atoms with Crippen molar-refractivity contribution < 1.29 is 17.9 Å². The highest BCUT2D eigenvalue weighted by atomic mass is 32.2. The summed E-state index contributed by atoms with van der Waals surface area (Å²) in [4.78, 5) is 0. The van der Waals surface area contributed by atoms with Gasteiger partial charge in [0, 0.05) is 27.2 Å². The van der Waals surface area contributed by atoms with Gasteiger partial charge in [0.25, 0.3) is 10.2 Å². The van der Waals surface area contributed by atoms with Crippen LogP contribution < -0.4 is 10.0 Å². The number of nitrogens with zero attached hydrogens (tertiary/aromatic N) is 1. The molecule has 0 spiro atoms. The Hall–Kier alpha value is -0.250. The van der Waals surface area contributed by atoms with Crippen LogP contribution in [0, 0.1) is 0 Å². The van der Waals surface area contributed by atoms with Gasteiger partial charge in [0.2, 0.25) is 0 Å². The standard InChI is InChI=1S/C11H27N3O4S/c1-4-12-6-5-8-14(2)19(15,16)13-7-9-18-11-10-17-3/h12-13H,4-11H2,1-3H3. The van der Waals surface area contributed by atoms with Gasteiger partial charge in [-0.3, -0.25) is 0 Å². The highest BCUT2D eigenvalue weighted by Crippen LogP contribution is 1.95. The van der Waals surface area contributed by atoms with Crippen LogP contribution in [0.15, 0.2) is 0 Å². The summed E-state index contributed by atoms with van der Waals surface area (Å²) in [5.41, 5.74) is 0. The van der Waals surface area contributed by atoms with Crippen LogP contribution in [0.1, 0.15) is 13.3 Å². The molecular formula is C11H27N3O4S. The highest BCUT2D eigenvalue weighted by Gasteiger charge is 2.15. The molecule has 7 nitrogen and oxygen atoms in total. The third kappa shape index (κ3) is 10.2. The molecule has 0 fully saturated rings. The SMILES string of the molecule is CCNCCCN(C)S(=O)(=O)NCCOCCOC. The second-order valence-corrected chi connectivity index (χ2v) is 5.90. The lowest BCUT2D eigenvalue weighted by Gasteiger charge is -2.17. The van der Waals surface area contributed by atoms with Crippen molar-refractivity contribution in [1.82, 2.24) is 14.3 Å². The Morgan fingerprint density at radius 3 is 2.53 bits per heavy atom. The Kier molecular flexibility index (Phi) is 11.4. The Labute approximate surface area is 116 Å². The molecule has 0 atom stereocenters. The molecule has 0 aromatic heterocycles. The largest absolute Gasteiger partial charge is 0.382 e. The topological polar surface area (TPSA) is 79.9 Å². The van der Waals surface area contributed by atoms with Crippen molar-refractivity contribution in [3.63, 3.8) is 0 Å². The molecule has 0 heterocycles. The van der Waals surface area contributed by atoms with E-state index in [9.17, 15) is 8.42 Å². The molecule has 0 aliphatic heterocycles. The quantitative estimate of drug-likeness (QED) is 0.444. The van der Waals surface area contributed by atoms with Crippen LogP contribution in [0.5, 0.6) is 0 Å². The molecule has 2 N–H and O–H groups in total. The average molecular weight is 297 g/mol. The Morgan fingerprint density at radius 2 is 1.89 bits per heavy atom.